The molecule has 0 saturated heterocycles. The fourth-order valence-corrected chi connectivity index (χ4v) is 2.00. The normalized spacial score (nSPS) is 9.81. The average molecular weight is 370 g/mol. The van der Waals surface area contributed by atoms with Crippen LogP contribution in [-0.2, 0) is 22.7 Å². The van der Waals surface area contributed by atoms with Gasteiger partial charge in [0.1, 0.15) is 13.2 Å². The number of hydrogen-bond donors (Lipinski definition) is 3. The smallest absolute Gasteiger partial charge is 0.414 e. The van der Waals surface area contributed by atoms with Crippen LogP contribution in [0, 0.1) is 0 Å². The van der Waals surface area contributed by atoms with Crippen LogP contribution in [0.4, 0.5) is 9.59 Å². The molecule has 142 valence electrons. The summed E-state index contributed by atoms with van der Waals surface area (Å²) in [5.74, 6) is -0.0865. The molecule has 2 amide bonds. The van der Waals surface area contributed by atoms with Crippen molar-refractivity contribution < 1.29 is 19.1 Å². The first-order chi connectivity index (χ1) is 13.2. The Labute approximate surface area is 157 Å². The lowest BCUT2D eigenvalue weighted by Crippen LogP contribution is -2.44. The third-order valence-electron chi connectivity index (χ3n) is 3.27. The van der Waals surface area contributed by atoms with E-state index in [-0.39, 0.29) is 32.3 Å². The highest BCUT2D eigenvalue weighted by atomic mass is 16.6. The zero-order valence-corrected chi connectivity index (χ0v) is 14.8. The second kappa shape index (κ2) is 11.3. The first kappa shape index (κ1) is 19.9. The maximum Gasteiger partial charge on any atom is 0.414 e. The van der Waals surface area contributed by atoms with E-state index in [1.54, 1.807) is 0 Å². The predicted molar refractivity (Wildman–Crippen MR) is 101 cm³/mol. The highest BCUT2D eigenvalue weighted by Gasteiger charge is 2.12. The van der Waals surface area contributed by atoms with Crippen molar-refractivity contribution in [3.63, 3.8) is 0 Å². The summed E-state index contributed by atoms with van der Waals surface area (Å²) in [5.41, 5.74) is 7.09. The third-order valence-corrected chi connectivity index (χ3v) is 3.27. The maximum atomic E-state index is 11.9. The van der Waals surface area contributed by atoms with Crippen LogP contribution in [0.2, 0.25) is 0 Å². The number of alkyl carbamates (subject to hydrolysis) is 2. The lowest BCUT2D eigenvalue weighted by molar-refractivity contribution is 0.141. The number of nitrogens with zero attached hydrogens (tertiary/aromatic N) is 1. The molecule has 0 atom stereocenters. The molecule has 0 radical (unpaired) electrons. The molecule has 0 saturated carbocycles. The number of ether oxygens (including phenoxy) is 2. The Morgan fingerprint density at radius 1 is 0.815 bits per heavy atom. The highest BCUT2D eigenvalue weighted by Crippen LogP contribution is 2.01. The van der Waals surface area contributed by atoms with E-state index in [1.807, 2.05) is 60.7 Å². The summed E-state index contributed by atoms with van der Waals surface area (Å²) >= 11 is 0. The van der Waals surface area contributed by atoms with Crippen molar-refractivity contribution in [1.29, 1.82) is 0 Å². The van der Waals surface area contributed by atoms with Gasteiger partial charge in [-0.2, -0.15) is 0 Å². The first-order valence-corrected chi connectivity index (χ1v) is 8.37. The number of carbonyl (C=O) groups is 2. The third kappa shape index (κ3) is 8.02. The molecule has 2 rings (SSSR count). The van der Waals surface area contributed by atoms with Gasteiger partial charge in [0.05, 0.1) is 6.54 Å². The van der Waals surface area contributed by atoms with E-state index in [1.165, 1.54) is 0 Å². The molecule has 0 aliphatic carbocycles. The summed E-state index contributed by atoms with van der Waals surface area (Å²) in [6, 6.07) is 18.4. The highest BCUT2D eigenvalue weighted by molar-refractivity contribution is 6.01. The first-order valence-electron chi connectivity index (χ1n) is 8.37. The van der Waals surface area contributed by atoms with Crippen LogP contribution in [0.15, 0.2) is 65.7 Å². The van der Waals surface area contributed by atoms with Crippen molar-refractivity contribution in [3.05, 3.63) is 71.8 Å². The van der Waals surface area contributed by atoms with Crippen LogP contribution >= 0.6 is 0 Å². The summed E-state index contributed by atoms with van der Waals surface area (Å²) in [5, 5.41) is 4.75. The number of nitrogens with two attached hydrogens (primary N) is 1. The topological polar surface area (TPSA) is 115 Å². The van der Waals surface area contributed by atoms with Gasteiger partial charge in [-0.3, -0.25) is 15.6 Å². The molecule has 4 N–H and O–H groups in total. The fraction of sp³-hybridized carbons (Fsp3) is 0.211. The minimum atomic E-state index is -0.752. The van der Waals surface area contributed by atoms with Crippen LogP contribution < -0.4 is 16.4 Å². The predicted octanol–water partition coefficient (Wildman–Crippen LogP) is 2.15. The maximum absolute atomic E-state index is 11.9. The van der Waals surface area contributed by atoms with Gasteiger partial charge in [-0.25, -0.2) is 9.59 Å². The van der Waals surface area contributed by atoms with Crippen molar-refractivity contribution in [2.75, 3.05) is 13.1 Å². The number of nitrogens with one attached hydrogen (secondary N) is 2. The zero-order chi connectivity index (χ0) is 19.3. The van der Waals surface area contributed by atoms with E-state index in [0.717, 1.165) is 11.1 Å². The number of carbonyl (C=O) groups excluding carboxylic acids is 2. The summed E-state index contributed by atoms with van der Waals surface area (Å²) in [7, 11) is 0. The molecule has 0 aliphatic heterocycles. The van der Waals surface area contributed by atoms with Gasteiger partial charge in [0.2, 0.25) is 5.96 Å². The minimum Gasteiger partial charge on any atom is -0.444 e. The molecule has 2 aromatic rings. The summed E-state index contributed by atoms with van der Waals surface area (Å²) in [4.78, 5) is 27.8. The van der Waals surface area contributed by atoms with E-state index >= 15 is 0 Å². The molecule has 0 unspecified atom stereocenters. The fourth-order valence-electron chi connectivity index (χ4n) is 2.00. The Balaban J connectivity index is 1.82. The van der Waals surface area contributed by atoms with E-state index in [0.29, 0.717) is 0 Å². The van der Waals surface area contributed by atoms with Crippen molar-refractivity contribution >= 4 is 18.1 Å². The molecule has 0 aromatic heterocycles. The lowest BCUT2D eigenvalue weighted by atomic mass is 10.2. The van der Waals surface area contributed by atoms with Gasteiger partial charge in [-0.1, -0.05) is 60.7 Å². The molecule has 27 heavy (non-hydrogen) atoms. The Morgan fingerprint density at radius 2 is 1.26 bits per heavy atom. The minimum absolute atomic E-state index is 0.0865. The number of benzene rings is 2. The van der Waals surface area contributed by atoms with Gasteiger partial charge < -0.3 is 15.2 Å². The van der Waals surface area contributed by atoms with Crippen molar-refractivity contribution in [2.45, 2.75) is 13.2 Å². The number of amides is 2. The quantitative estimate of drug-likeness (QED) is 0.532. The Hall–Kier alpha value is -3.39. The van der Waals surface area contributed by atoms with Gasteiger partial charge >= 0.3 is 12.2 Å². The standard InChI is InChI=1S/C19H22N4O4/c20-11-12-21-17(22-18(24)26-13-15-7-3-1-4-8-15)23-19(25)27-14-16-9-5-2-6-10-16/h1-10H,11-14,20H2,(H2,21,22,23,24,25). The van der Waals surface area contributed by atoms with Gasteiger partial charge in [0.15, 0.2) is 0 Å². The van der Waals surface area contributed by atoms with E-state index in [4.69, 9.17) is 15.2 Å². The van der Waals surface area contributed by atoms with Gasteiger partial charge in [-0.05, 0) is 11.1 Å². The van der Waals surface area contributed by atoms with Crippen molar-refractivity contribution in [2.24, 2.45) is 10.7 Å². The van der Waals surface area contributed by atoms with Crippen LogP contribution in [0.3, 0.4) is 0 Å². The average Bonchev–Trinajstić information content (AvgIpc) is 2.70. The summed E-state index contributed by atoms with van der Waals surface area (Å²) in [6.07, 6.45) is -1.50. The Kier molecular flexibility index (Phi) is 8.32. The molecule has 0 heterocycles. The van der Waals surface area contributed by atoms with Crippen LogP contribution in [0.5, 0.6) is 0 Å². The van der Waals surface area contributed by atoms with Crippen LogP contribution in [0.25, 0.3) is 0 Å². The number of aliphatic imine (C=N–C) groups is 1. The second-order valence-corrected chi connectivity index (χ2v) is 5.39. The summed E-state index contributed by atoms with van der Waals surface area (Å²) in [6.45, 7) is 0.656. The number of rotatable bonds is 6. The lowest BCUT2D eigenvalue weighted by Gasteiger charge is -2.11. The molecular formula is C19H22N4O4. The Bertz CT molecular complexity index is 691. The van der Waals surface area contributed by atoms with Crippen LogP contribution in [0.1, 0.15) is 11.1 Å². The number of guanidine groups is 1. The van der Waals surface area contributed by atoms with E-state index in [2.05, 4.69) is 15.6 Å². The van der Waals surface area contributed by atoms with Crippen molar-refractivity contribution in [3.8, 4) is 0 Å². The van der Waals surface area contributed by atoms with Gasteiger partial charge in [0.25, 0.3) is 0 Å². The molecule has 0 bridgehead atoms. The zero-order valence-electron chi connectivity index (χ0n) is 14.8. The summed E-state index contributed by atoms with van der Waals surface area (Å²) < 4.78 is 10.2. The van der Waals surface area contributed by atoms with E-state index < -0.39 is 12.2 Å². The molecule has 8 nitrogen and oxygen atoms in total. The second-order valence-electron chi connectivity index (χ2n) is 5.39. The molecule has 2 aromatic carbocycles. The molecule has 8 heteroatoms. The van der Waals surface area contributed by atoms with Gasteiger partial charge in [0, 0.05) is 6.54 Å². The van der Waals surface area contributed by atoms with Crippen LogP contribution in [-0.4, -0.2) is 31.2 Å². The van der Waals surface area contributed by atoms with Gasteiger partial charge in [-0.15, -0.1) is 0 Å². The van der Waals surface area contributed by atoms with E-state index in [9.17, 15) is 9.59 Å². The SMILES string of the molecule is NCCN=C(NC(=O)OCc1ccccc1)NC(=O)OCc1ccccc1. The monoisotopic (exact) mass is 370 g/mol. The molecule has 0 spiro atoms. The Morgan fingerprint density at radius 3 is 1.67 bits per heavy atom. The molecular weight excluding hydrogens is 348 g/mol. The molecule has 0 fully saturated rings. The van der Waals surface area contributed by atoms with Crippen molar-refractivity contribution in [1.82, 2.24) is 10.6 Å². The molecule has 0 aliphatic rings. The largest absolute Gasteiger partial charge is 0.444 e. The number of hydrogen-bond acceptors (Lipinski definition) is 6.